The van der Waals surface area contributed by atoms with Gasteiger partial charge in [0.1, 0.15) is 0 Å². The van der Waals surface area contributed by atoms with Gasteiger partial charge in [0, 0.05) is 17.6 Å². The van der Waals surface area contributed by atoms with Gasteiger partial charge < -0.3 is 5.32 Å². The Morgan fingerprint density at radius 1 is 1.27 bits per heavy atom. The second-order valence-electron chi connectivity index (χ2n) is 7.81. The highest BCUT2D eigenvalue weighted by molar-refractivity contribution is 5.58. The number of aryl methyl sites for hydroxylation is 1. The zero-order chi connectivity index (χ0) is 19.0. The van der Waals surface area contributed by atoms with Crippen molar-refractivity contribution in [3.05, 3.63) is 65.8 Å². The number of anilines is 1. The molecule has 26 heavy (non-hydrogen) atoms. The molecule has 0 amide bonds. The van der Waals surface area contributed by atoms with Gasteiger partial charge >= 0.3 is 0 Å². The van der Waals surface area contributed by atoms with E-state index in [4.69, 9.17) is 0 Å². The van der Waals surface area contributed by atoms with E-state index in [9.17, 15) is 0 Å². The first-order valence-electron chi connectivity index (χ1n) is 10.0. The van der Waals surface area contributed by atoms with E-state index >= 15 is 0 Å². The van der Waals surface area contributed by atoms with Crippen LogP contribution in [0.25, 0.3) is 0 Å². The highest BCUT2D eigenvalue weighted by Crippen LogP contribution is 2.44. The molecule has 0 unspecified atom stereocenters. The Morgan fingerprint density at radius 2 is 2.00 bits per heavy atom. The summed E-state index contributed by atoms with van der Waals surface area (Å²) in [5, 5.41) is 7.31. The van der Waals surface area contributed by atoms with Crippen LogP contribution in [0, 0.1) is 12.3 Å². The summed E-state index contributed by atoms with van der Waals surface area (Å²) in [5.41, 5.74) is 5.59. The van der Waals surface area contributed by atoms with E-state index < -0.39 is 0 Å². The Balaban J connectivity index is 2.03. The summed E-state index contributed by atoms with van der Waals surface area (Å²) in [4.78, 5) is 0. The molecule has 0 spiro atoms. The first-order valence-corrected chi connectivity index (χ1v) is 10.0. The van der Waals surface area contributed by atoms with Gasteiger partial charge in [-0.25, -0.2) is 0 Å². The molecule has 2 nitrogen and oxygen atoms in total. The van der Waals surface area contributed by atoms with Gasteiger partial charge in [-0.05, 0) is 49.3 Å². The minimum absolute atomic E-state index is 0.232. The van der Waals surface area contributed by atoms with Gasteiger partial charge in [0.25, 0.3) is 0 Å². The van der Waals surface area contributed by atoms with Crippen molar-refractivity contribution in [2.24, 2.45) is 5.41 Å². The molecule has 0 atom stereocenters. The van der Waals surface area contributed by atoms with Gasteiger partial charge in [0.05, 0.1) is 6.67 Å². The zero-order valence-electron chi connectivity index (χ0n) is 17.1. The van der Waals surface area contributed by atoms with Crippen LogP contribution in [0.2, 0.25) is 0 Å². The molecule has 1 aromatic rings. The maximum Gasteiger partial charge on any atom is 0.0653 e. The number of benzene rings is 1. The number of hydrogen-bond acceptors (Lipinski definition) is 2. The summed E-state index contributed by atoms with van der Waals surface area (Å²) < 4.78 is 0. The number of allylic oxidation sites excluding steroid dienone is 4. The molecule has 2 rings (SSSR count). The zero-order valence-corrected chi connectivity index (χ0v) is 17.1. The number of hydrogen-bond donors (Lipinski definition) is 2. The SMILES string of the molecule is C=C/C(=C\C=C/C)C1(CNCNc2c(C)cccc2C(C)C)CCCC1. The van der Waals surface area contributed by atoms with Crippen LogP contribution < -0.4 is 10.6 Å². The minimum atomic E-state index is 0.232. The monoisotopic (exact) mass is 352 g/mol. The summed E-state index contributed by atoms with van der Waals surface area (Å²) >= 11 is 0. The maximum atomic E-state index is 4.08. The third kappa shape index (κ3) is 4.88. The van der Waals surface area contributed by atoms with Crippen molar-refractivity contribution < 1.29 is 0 Å². The molecule has 2 heteroatoms. The van der Waals surface area contributed by atoms with E-state index in [1.54, 1.807) is 0 Å². The van der Waals surface area contributed by atoms with E-state index in [0.717, 1.165) is 13.2 Å². The molecule has 0 heterocycles. The Bertz CT molecular complexity index is 646. The quantitative estimate of drug-likeness (QED) is 0.308. The average Bonchev–Trinajstić information content (AvgIpc) is 3.10. The van der Waals surface area contributed by atoms with Gasteiger partial charge in [0.15, 0.2) is 0 Å². The normalized spacial score (nSPS) is 17.2. The van der Waals surface area contributed by atoms with Crippen molar-refractivity contribution in [2.45, 2.75) is 59.3 Å². The second-order valence-corrected chi connectivity index (χ2v) is 7.81. The summed E-state index contributed by atoms with van der Waals surface area (Å²) in [6.45, 7) is 14.6. The van der Waals surface area contributed by atoms with E-state index in [0.29, 0.717) is 5.92 Å². The molecule has 1 aliphatic rings. The molecule has 0 radical (unpaired) electrons. The molecule has 1 saturated carbocycles. The van der Waals surface area contributed by atoms with E-state index in [2.05, 4.69) is 87.4 Å². The van der Waals surface area contributed by atoms with Crippen molar-refractivity contribution in [2.75, 3.05) is 18.5 Å². The van der Waals surface area contributed by atoms with Gasteiger partial charge in [-0.3, -0.25) is 5.32 Å². The summed E-state index contributed by atoms with van der Waals surface area (Å²) in [7, 11) is 0. The van der Waals surface area contributed by atoms with Crippen LogP contribution in [0.5, 0.6) is 0 Å². The molecule has 1 fully saturated rings. The van der Waals surface area contributed by atoms with E-state index in [-0.39, 0.29) is 5.41 Å². The van der Waals surface area contributed by atoms with Crippen molar-refractivity contribution >= 4 is 5.69 Å². The minimum Gasteiger partial charge on any atom is -0.372 e. The predicted octanol–water partition coefficient (Wildman–Crippen LogP) is 6.33. The van der Waals surface area contributed by atoms with E-state index in [1.165, 1.54) is 48.1 Å². The third-order valence-corrected chi connectivity index (χ3v) is 5.64. The largest absolute Gasteiger partial charge is 0.372 e. The van der Waals surface area contributed by atoms with Gasteiger partial charge in [0.2, 0.25) is 0 Å². The van der Waals surface area contributed by atoms with Crippen LogP contribution in [0.1, 0.15) is 63.5 Å². The first kappa shape index (κ1) is 20.5. The number of para-hydroxylation sites is 1. The standard InChI is InChI=1S/C24H36N2/c1-6-8-13-21(7-2)24(15-9-10-16-24)17-25-18-26-23-20(5)12-11-14-22(23)19(3)4/h6-8,11-14,19,25-26H,2,9-10,15-18H2,1,3-5H3/b8-6-,21-13+. The van der Waals surface area contributed by atoms with Crippen molar-refractivity contribution in [3.8, 4) is 0 Å². The highest BCUT2D eigenvalue weighted by Gasteiger charge is 2.35. The van der Waals surface area contributed by atoms with Gasteiger partial charge in [-0.1, -0.05) is 75.8 Å². The van der Waals surface area contributed by atoms with Crippen LogP contribution in [0.15, 0.2) is 54.7 Å². The fourth-order valence-corrected chi connectivity index (χ4v) is 4.15. The van der Waals surface area contributed by atoms with Crippen LogP contribution >= 0.6 is 0 Å². The molecule has 0 aliphatic heterocycles. The molecule has 0 saturated heterocycles. The van der Waals surface area contributed by atoms with Crippen LogP contribution in [-0.2, 0) is 0 Å². The average molecular weight is 353 g/mol. The predicted molar refractivity (Wildman–Crippen MR) is 116 cm³/mol. The molecular formula is C24H36N2. The fourth-order valence-electron chi connectivity index (χ4n) is 4.15. The van der Waals surface area contributed by atoms with Crippen molar-refractivity contribution in [1.29, 1.82) is 0 Å². The summed E-state index contributed by atoms with van der Waals surface area (Å²) in [5.74, 6) is 0.523. The lowest BCUT2D eigenvalue weighted by molar-refractivity contribution is 0.355. The Hall–Kier alpha value is -1.80. The second kappa shape index (κ2) is 9.78. The Labute approximate surface area is 160 Å². The molecule has 1 aliphatic carbocycles. The fraction of sp³-hybridized carbons (Fsp3) is 0.500. The lowest BCUT2D eigenvalue weighted by atomic mass is 9.78. The van der Waals surface area contributed by atoms with E-state index in [1.807, 2.05) is 0 Å². The molecule has 2 N–H and O–H groups in total. The third-order valence-electron chi connectivity index (χ3n) is 5.64. The van der Waals surface area contributed by atoms with Crippen LogP contribution in [-0.4, -0.2) is 13.2 Å². The van der Waals surface area contributed by atoms with Gasteiger partial charge in [-0.15, -0.1) is 0 Å². The van der Waals surface area contributed by atoms with Crippen molar-refractivity contribution in [1.82, 2.24) is 5.32 Å². The lowest BCUT2D eigenvalue weighted by Gasteiger charge is -2.31. The van der Waals surface area contributed by atoms with Crippen LogP contribution in [0.4, 0.5) is 5.69 Å². The maximum absolute atomic E-state index is 4.08. The Morgan fingerprint density at radius 3 is 2.62 bits per heavy atom. The molecule has 0 bridgehead atoms. The first-order chi connectivity index (χ1) is 12.5. The number of rotatable bonds is 9. The van der Waals surface area contributed by atoms with Crippen molar-refractivity contribution in [3.63, 3.8) is 0 Å². The van der Waals surface area contributed by atoms with Gasteiger partial charge in [-0.2, -0.15) is 0 Å². The van der Waals surface area contributed by atoms with Crippen LogP contribution in [0.3, 0.4) is 0 Å². The number of nitrogens with one attached hydrogen (secondary N) is 2. The Kier molecular flexibility index (Phi) is 7.71. The molecule has 142 valence electrons. The topological polar surface area (TPSA) is 24.1 Å². The molecular weight excluding hydrogens is 316 g/mol. The lowest BCUT2D eigenvalue weighted by Crippen LogP contribution is -2.36. The highest BCUT2D eigenvalue weighted by atomic mass is 15.1. The molecule has 0 aromatic heterocycles. The summed E-state index contributed by atoms with van der Waals surface area (Å²) in [6, 6.07) is 6.57. The smallest absolute Gasteiger partial charge is 0.0653 e. The molecule has 1 aromatic carbocycles. The summed E-state index contributed by atoms with van der Waals surface area (Å²) in [6.07, 6.45) is 13.6.